The van der Waals surface area contributed by atoms with Gasteiger partial charge in [0.25, 0.3) is 0 Å². The number of hydrogen-bond acceptors (Lipinski definition) is 2. The summed E-state index contributed by atoms with van der Waals surface area (Å²) in [4.78, 5) is 1.59. The molecule has 1 saturated heterocycles. The van der Waals surface area contributed by atoms with Crippen molar-refractivity contribution in [3.05, 3.63) is 0 Å². The zero-order valence-electron chi connectivity index (χ0n) is 7.98. The molecule has 0 spiro atoms. The van der Waals surface area contributed by atoms with Crippen molar-refractivity contribution in [2.75, 3.05) is 19.6 Å². The summed E-state index contributed by atoms with van der Waals surface area (Å²) in [5.41, 5.74) is 0. The monoisotopic (exact) mass is 208 g/mol. The van der Waals surface area contributed by atoms with Gasteiger partial charge >= 0.3 is 6.18 Å². The molecule has 2 rings (SSSR count). The van der Waals surface area contributed by atoms with E-state index in [0.29, 0.717) is 19.1 Å². The minimum Gasteiger partial charge on any atom is -0.311 e. The Morgan fingerprint density at radius 1 is 1.29 bits per heavy atom. The van der Waals surface area contributed by atoms with E-state index in [4.69, 9.17) is 0 Å². The van der Waals surface area contributed by atoms with Crippen LogP contribution in [-0.4, -0.2) is 42.8 Å². The van der Waals surface area contributed by atoms with Gasteiger partial charge in [-0.25, -0.2) is 0 Å². The molecule has 2 fully saturated rings. The SMILES string of the molecule is FC(F)(F)CN1CCN[C@H]2CCC[C@@H]21. The maximum atomic E-state index is 12.2. The van der Waals surface area contributed by atoms with Gasteiger partial charge in [0.05, 0.1) is 6.54 Å². The third kappa shape index (κ3) is 2.20. The molecule has 5 heteroatoms. The summed E-state index contributed by atoms with van der Waals surface area (Å²) in [7, 11) is 0. The fourth-order valence-electron chi connectivity index (χ4n) is 2.60. The predicted molar refractivity (Wildman–Crippen MR) is 47.1 cm³/mol. The largest absolute Gasteiger partial charge is 0.401 e. The van der Waals surface area contributed by atoms with E-state index in [-0.39, 0.29) is 6.04 Å². The Labute approximate surface area is 81.5 Å². The first-order chi connectivity index (χ1) is 6.56. The standard InChI is InChI=1S/C9H15F3N2/c10-9(11,12)6-14-5-4-13-7-2-1-3-8(7)14/h7-8,13H,1-6H2/t7-,8-/m0/s1. The van der Waals surface area contributed by atoms with E-state index in [2.05, 4.69) is 5.32 Å². The lowest BCUT2D eigenvalue weighted by Gasteiger charge is -2.38. The lowest BCUT2D eigenvalue weighted by atomic mass is 10.1. The molecule has 2 atom stereocenters. The van der Waals surface area contributed by atoms with E-state index in [9.17, 15) is 13.2 Å². The molecular weight excluding hydrogens is 193 g/mol. The second kappa shape index (κ2) is 3.70. The smallest absolute Gasteiger partial charge is 0.311 e. The zero-order valence-corrected chi connectivity index (χ0v) is 7.98. The molecule has 1 aliphatic heterocycles. The van der Waals surface area contributed by atoms with Crippen molar-refractivity contribution in [3.8, 4) is 0 Å². The van der Waals surface area contributed by atoms with Gasteiger partial charge in [0, 0.05) is 25.2 Å². The van der Waals surface area contributed by atoms with E-state index in [1.54, 1.807) is 4.90 Å². The molecule has 1 saturated carbocycles. The fourth-order valence-corrected chi connectivity index (χ4v) is 2.60. The summed E-state index contributed by atoms with van der Waals surface area (Å²) >= 11 is 0. The summed E-state index contributed by atoms with van der Waals surface area (Å²) in [5, 5.41) is 3.29. The van der Waals surface area contributed by atoms with Crippen molar-refractivity contribution in [2.45, 2.75) is 37.5 Å². The van der Waals surface area contributed by atoms with Gasteiger partial charge in [-0.1, -0.05) is 6.42 Å². The average molecular weight is 208 g/mol. The van der Waals surface area contributed by atoms with Gasteiger partial charge in [0.15, 0.2) is 0 Å². The van der Waals surface area contributed by atoms with Crippen LogP contribution in [0, 0.1) is 0 Å². The minimum absolute atomic E-state index is 0.116. The number of nitrogens with one attached hydrogen (secondary N) is 1. The van der Waals surface area contributed by atoms with Crippen LogP contribution in [0.1, 0.15) is 19.3 Å². The third-order valence-corrected chi connectivity index (χ3v) is 3.14. The Hall–Kier alpha value is -0.290. The lowest BCUT2D eigenvalue weighted by Crippen LogP contribution is -2.57. The highest BCUT2D eigenvalue weighted by atomic mass is 19.4. The van der Waals surface area contributed by atoms with Crippen LogP contribution in [0.25, 0.3) is 0 Å². The van der Waals surface area contributed by atoms with E-state index < -0.39 is 12.7 Å². The molecule has 2 aliphatic rings. The van der Waals surface area contributed by atoms with Crippen LogP contribution in [0.2, 0.25) is 0 Å². The molecule has 0 unspecified atom stereocenters. The normalized spacial score (nSPS) is 34.5. The van der Waals surface area contributed by atoms with E-state index in [1.165, 1.54) is 0 Å². The molecule has 2 nitrogen and oxygen atoms in total. The summed E-state index contributed by atoms with van der Waals surface area (Å²) in [6.45, 7) is 0.480. The van der Waals surface area contributed by atoms with Crippen LogP contribution in [-0.2, 0) is 0 Å². The Morgan fingerprint density at radius 3 is 2.79 bits per heavy atom. The van der Waals surface area contributed by atoms with Gasteiger partial charge in [-0.3, -0.25) is 4.90 Å². The van der Waals surface area contributed by atoms with E-state index in [0.717, 1.165) is 19.3 Å². The molecule has 1 heterocycles. The van der Waals surface area contributed by atoms with Crippen LogP contribution >= 0.6 is 0 Å². The number of halogens is 3. The van der Waals surface area contributed by atoms with Crippen molar-refractivity contribution in [3.63, 3.8) is 0 Å². The van der Waals surface area contributed by atoms with Gasteiger partial charge in [0.1, 0.15) is 0 Å². The summed E-state index contributed by atoms with van der Waals surface area (Å²) in [5.74, 6) is 0. The Morgan fingerprint density at radius 2 is 2.07 bits per heavy atom. The highest BCUT2D eigenvalue weighted by Gasteiger charge is 2.40. The molecule has 1 N–H and O–H groups in total. The van der Waals surface area contributed by atoms with Crippen LogP contribution in [0.4, 0.5) is 13.2 Å². The van der Waals surface area contributed by atoms with Gasteiger partial charge in [-0.15, -0.1) is 0 Å². The topological polar surface area (TPSA) is 15.3 Å². The number of alkyl halides is 3. The quantitative estimate of drug-likeness (QED) is 0.700. The summed E-state index contributed by atoms with van der Waals surface area (Å²) in [6, 6.07) is 0.413. The average Bonchev–Trinajstić information content (AvgIpc) is 2.49. The van der Waals surface area contributed by atoms with Gasteiger partial charge in [-0.05, 0) is 12.8 Å². The Kier molecular flexibility index (Phi) is 2.70. The number of fused-ring (bicyclic) bond motifs is 1. The highest BCUT2D eigenvalue weighted by molar-refractivity contribution is 4.94. The fraction of sp³-hybridized carbons (Fsp3) is 1.00. The predicted octanol–water partition coefficient (Wildman–Crippen LogP) is 1.37. The first-order valence-electron chi connectivity index (χ1n) is 5.10. The van der Waals surface area contributed by atoms with Gasteiger partial charge in [-0.2, -0.15) is 13.2 Å². The molecule has 0 amide bonds. The van der Waals surface area contributed by atoms with E-state index >= 15 is 0 Å². The van der Waals surface area contributed by atoms with Crippen molar-refractivity contribution in [1.82, 2.24) is 10.2 Å². The third-order valence-electron chi connectivity index (χ3n) is 3.14. The van der Waals surface area contributed by atoms with Crippen LogP contribution in [0.15, 0.2) is 0 Å². The Balaban J connectivity index is 1.97. The van der Waals surface area contributed by atoms with Gasteiger partial charge in [0.2, 0.25) is 0 Å². The van der Waals surface area contributed by atoms with Crippen LogP contribution < -0.4 is 5.32 Å². The summed E-state index contributed by atoms with van der Waals surface area (Å²) in [6.07, 6.45) is -1.06. The van der Waals surface area contributed by atoms with Crippen molar-refractivity contribution >= 4 is 0 Å². The molecule has 0 aromatic rings. The maximum Gasteiger partial charge on any atom is 0.401 e. The summed E-state index contributed by atoms with van der Waals surface area (Å²) < 4.78 is 36.7. The van der Waals surface area contributed by atoms with Gasteiger partial charge < -0.3 is 5.32 Å². The Bertz CT molecular complexity index is 205. The number of hydrogen-bond donors (Lipinski definition) is 1. The molecule has 82 valence electrons. The van der Waals surface area contributed by atoms with E-state index in [1.807, 2.05) is 0 Å². The maximum absolute atomic E-state index is 12.2. The number of piperazine rings is 1. The lowest BCUT2D eigenvalue weighted by molar-refractivity contribution is -0.153. The zero-order chi connectivity index (χ0) is 10.2. The first kappa shape index (κ1) is 10.2. The molecule has 0 aromatic heterocycles. The molecular formula is C9H15F3N2. The van der Waals surface area contributed by atoms with Crippen LogP contribution in [0.5, 0.6) is 0 Å². The molecule has 0 radical (unpaired) electrons. The van der Waals surface area contributed by atoms with Crippen molar-refractivity contribution in [1.29, 1.82) is 0 Å². The minimum atomic E-state index is -4.05. The molecule has 14 heavy (non-hydrogen) atoms. The second-order valence-corrected chi connectivity index (χ2v) is 4.14. The van der Waals surface area contributed by atoms with Crippen molar-refractivity contribution < 1.29 is 13.2 Å². The molecule has 1 aliphatic carbocycles. The second-order valence-electron chi connectivity index (χ2n) is 4.14. The number of rotatable bonds is 1. The van der Waals surface area contributed by atoms with Crippen molar-refractivity contribution in [2.24, 2.45) is 0 Å². The van der Waals surface area contributed by atoms with Crippen LogP contribution in [0.3, 0.4) is 0 Å². The highest BCUT2D eigenvalue weighted by Crippen LogP contribution is 2.29. The molecule has 0 aromatic carbocycles. The first-order valence-corrected chi connectivity index (χ1v) is 5.10. The number of nitrogens with zero attached hydrogens (tertiary/aromatic N) is 1. The molecule has 0 bridgehead atoms.